The number of aromatic hydroxyl groups is 1. The molecule has 3 rings (SSSR count). The number of nitrogens with zero attached hydrogens (tertiary/aromatic N) is 1. The molecule has 0 saturated carbocycles. The van der Waals surface area contributed by atoms with Gasteiger partial charge >= 0.3 is 0 Å². The lowest BCUT2D eigenvalue weighted by Crippen LogP contribution is -2.50. The lowest BCUT2D eigenvalue weighted by Gasteiger charge is -2.38. The Bertz CT molecular complexity index is 546. The van der Waals surface area contributed by atoms with Crippen molar-refractivity contribution in [1.82, 2.24) is 10.2 Å². The van der Waals surface area contributed by atoms with Crippen LogP contribution in [-0.2, 0) is 11.2 Å². The van der Waals surface area contributed by atoms with E-state index in [1.54, 1.807) is 0 Å². The summed E-state index contributed by atoms with van der Waals surface area (Å²) in [6, 6.07) is 4.83. The number of phenolic OH excluding ortho intramolecular Hbond substituents is 1. The third kappa shape index (κ3) is 4.96. The van der Waals surface area contributed by atoms with Gasteiger partial charge in [-0.2, -0.15) is 0 Å². The van der Waals surface area contributed by atoms with Gasteiger partial charge in [0, 0.05) is 25.7 Å². The Kier molecular flexibility index (Phi) is 6.37. The maximum Gasteiger partial charge on any atom is 0.121 e. The van der Waals surface area contributed by atoms with Crippen molar-refractivity contribution in [2.75, 3.05) is 32.8 Å². The number of piperidine rings is 1. The first-order valence-corrected chi connectivity index (χ1v) is 9.89. The smallest absolute Gasteiger partial charge is 0.121 e. The summed E-state index contributed by atoms with van der Waals surface area (Å²) in [6.45, 7) is 11.8. The van der Waals surface area contributed by atoms with Crippen molar-refractivity contribution in [2.24, 2.45) is 5.92 Å². The molecule has 0 radical (unpaired) electrons. The summed E-state index contributed by atoms with van der Waals surface area (Å²) in [5.74, 6) is 1.11. The molecule has 2 aliphatic heterocycles. The quantitative estimate of drug-likeness (QED) is 0.831. The Labute approximate surface area is 152 Å². The number of likely N-dealkylation sites (tertiary alicyclic amines) is 1. The van der Waals surface area contributed by atoms with Crippen LogP contribution in [0.25, 0.3) is 0 Å². The first-order valence-electron chi connectivity index (χ1n) is 9.89. The van der Waals surface area contributed by atoms with Gasteiger partial charge in [0.05, 0.1) is 6.10 Å². The van der Waals surface area contributed by atoms with Gasteiger partial charge in [0.15, 0.2) is 0 Å². The van der Waals surface area contributed by atoms with Gasteiger partial charge in [0.1, 0.15) is 5.75 Å². The molecular formula is C21H34N2O2. The molecule has 0 bridgehead atoms. The van der Waals surface area contributed by atoms with E-state index in [0.717, 1.165) is 37.2 Å². The van der Waals surface area contributed by atoms with E-state index in [1.807, 2.05) is 13.8 Å². The van der Waals surface area contributed by atoms with Crippen molar-refractivity contribution in [3.05, 3.63) is 28.8 Å². The molecule has 2 aliphatic rings. The van der Waals surface area contributed by atoms with E-state index in [2.05, 4.69) is 29.3 Å². The molecule has 4 heteroatoms. The van der Waals surface area contributed by atoms with Crippen molar-refractivity contribution in [2.45, 2.75) is 58.6 Å². The molecule has 0 aromatic heterocycles. The Balaban J connectivity index is 1.42. The van der Waals surface area contributed by atoms with E-state index in [1.165, 1.54) is 37.9 Å². The SMILES string of the molecule is Cc1cc(CCNC2CCN(CC3CCCO3)CC2C)cc(C)c1O. The molecule has 2 fully saturated rings. The van der Waals surface area contributed by atoms with Crippen LogP contribution in [-0.4, -0.2) is 54.9 Å². The average molecular weight is 347 g/mol. The van der Waals surface area contributed by atoms with Crippen LogP contribution in [0.4, 0.5) is 0 Å². The van der Waals surface area contributed by atoms with Crippen molar-refractivity contribution in [1.29, 1.82) is 0 Å². The van der Waals surface area contributed by atoms with Gasteiger partial charge in [-0.1, -0.05) is 19.1 Å². The second-order valence-corrected chi connectivity index (χ2v) is 8.05. The fraction of sp³-hybridized carbons (Fsp3) is 0.714. The third-order valence-electron chi connectivity index (χ3n) is 5.85. The summed E-state index contributed by atoms with van der Waals surface area (Å²) in [7, 11) is 0. The molecule has 4 nitrogen and oxygen atoms in total. The lowest BCUT2D eigenvalue weighted by molar-refractivity contribution is 0.0514. The number of nitrogens with one attached hydrogen (secondary N) is 1. The predicted molar refractivity (Wildman–Crippen MR) is 102 cm³/mol. The maximum absolute atomic E-state index is 9.89. The highest BCUT2D eigenvalue weighted by atomic mass is 16.5. The molecule has 140 valence electrons. The maximum atomic E-state index is 9.89. The zero-order chi connectivity index (χ0) is 17.8. The minimum absolute atomic E-state index is 0.434. The van der Waals surface area contributed by atoms with Gasteiger partial charge < -0.3 is 20.1 Å². The van der Waals surface area contributed by atoms with Crippen molar-refractivity contribution >= 4 is 0 Å². The van der Waals surface area contributed by atoms with Crippen LogP contribution in [0.3, 0.4) is 0 Å². The molecule has 25 heavy (non-hydrogen) atoms. The minimum atomic E-state index is 0.434. The highest BCUT2D eigenvalue weighted by molar-refractivity contribution is 5.42. The normalized spacial score (nSPS) is 27.7. The fourth-order valence-electron chi connectivity index (χ4n) is 4.37. The predicted octanol–water partition coefficient (Wildman–Crippen LogP) is 3.03. The van der Waals surface area contributed by atoms with Gasteiger partial charge in [-0.05, 0) is 75.2 Å². The average Bonchev–Trinajstić information content (AvgIpc) is 3.07. The van der Waals surface area contributed by atoms with Crippen LogP contribution < -0.4 is 5.32 Å². The molecule has 2 heterocycles. The van der Waals surface area contributed by atoms with Crippen molar-refractivity contribution in [3.63, 3.8) is 0 Å². The van der Waals surface area contributed by atoms with E-state index in [0.29, 0.717) is 23.8 Å². The van der Waals surface area contributed by atoms with Crippen LogP contribution in [0.2, 0.25) is 0 Å². The van der Waals surface area contributed by atoms with Gasteiger partial charge in [-0.25, -0.2) is 0 Å². The van der Waals surface area contributed by atoms with E-state index in [4.69, 9.17) is 4.74 Å². The summed E-state index contributed by atoms with van der Waals surface area (Å²) < 4.78 is 5.78. The fourth-order valence-corrected chi connectivity index (χ4v) is 4.37. The van der Waals surface area contributed by atoms with Crippen LogP contribution in [0.5, 0.6) is 5.75 Å². The van der Waals surface area contributed by atoms with E-state index < -0.39 is 0 Å². The molecular weight excluding hydrogens is 312 g/mol. The molecule has 0 aliphatic carbocycles. The molecule has 0 spiro atoms. The summed E-state index contributed by atoms with van der Waals surface area (Å²) in [6.07, 6.45) is 5.18. The monoisotopic (exact) mass is 346 g/mol. The number of hydrogen-bond donors (Lipinski definition) is 2. The first kappa shape index (κ1) is 18.7. The first-order chi connectivity index (χ1) is 12.0. The largest absolute Gasteiger partial charge is 0.507 e. The minimum Gasteiger partial charge on any atom is -0.507 e. The second kappa shape index (κ2) is 8.52. The number of phenols is 1. The zero-order valence-electron chi connectivity index (χ0n) is 16.1. The second-order valence-electron chi connectivity index (χ2n) is 8.05. The van der Waals surface area contributed by atoms with Crippen LogP contribution in [0.15, 0.2) is 12.1 Å². The van der Waals surface area contributed by atoms with E-state index in [9.17, 15) is 5.11 Å². The summed E-state index contributed by atoms with van der Waals surface area (Å²) in [4.78, 5) is 2.59. The molecule has 1 aromatic rings. The standard InChI is InChI=1S/C21H34N2O2/c1-15-11-18(12-16(2)21(15)24)6-8-22-20-7-9-23(13-17(20)3)14-19-5-4-10-25-19/h11-12,17,19-20,22,24H,4-10,13-14H2,1-3H3. The molecule has 1 aromatic carbocycles. The zero-order valence-corrected chi connectivity index (χ0v) is 16.1. The summed E-state index contributed by atoms with van der Waals surface area (Å²) >= 11 is 0. The van der Waals surface area contributed by atoms with Gasteiger partial charge in [0.25, 0.3) is 0 Å². The van der Waals surface area contributed by atoms with Crippen molar-refractivity contribution in [3.8, 4) is 5.75 Å². The van der Waals surface area contributed by atoms with E-state index >= 15 is 0 Å². The molecule has 2 N–H and O–H groups in total. The Morgan fingerprint density at radius 1 is 1.24 bits per heavy atom. The lowest BCUT2D eigenvalue weighted by atomic mass is 9.93. The number of aryl methyl sites for hydroxylation is 2. The van der Waals surface area contributed by atoms with Crippen molar-refractivity contribution < 1.29 is 9.84 Å². The van der Waals surface area contributed by atoms with Crippen LogP contribution in [0, 0.1) is 19.8 Å². The van der Waals surface area contributed by atoms with Crippen LogP contribution >= 0.6 is 0 Å². The van der Waals surface area contributed by atoms with Gasteiger partial charge in [-0.15, -0.1) is 0 Å². The Morgan fingerprint density at radius 2 is 2.00 bits per heavy atom. The summed E-state index contributed by atoms with van der Waals surface area (Å²) in [5.41, 5.74) is 3.26. The van der Waals surface area contributed by atoms with Gasteiger partial charge in [-0.3, -0.25) is 0 Å². The molecule has 3 atom stereocenters. The van der Waals surface area contributed by atoms with Gasteiger partial charge in [0.2, 0.25) is 0 Å². The summed E-state index contributed by atoms with van der Waals surface area (Å²) in [5, 5.41) is 13.7. The molecule has 0 amide bonds. The third-order valence-corrected chi connectivity index (χ3v) is 5.85. The number of benzene rings is 1. The number of ether oxygens (including phenoxy) is 1. The highest BCUT2D eigenvalue weighted by Crippen LogP contribution is 2.23. The molecule has 3 unspecified atom stereocenters. The number of hydrogen-bond acceptors (Lipinski definition) is 4. The molecule has 2 saturated heterocycles. The topological polar surface area (TPSA) is 44.7 Å². The Morgan fingerprint density at radius 3 is 2.64 bits per heavy atom. The number of rotatable bonds is 6. The Hall–Kier alpha value is -1.10. The highest BCUT2D eigenvalue weighted by Gasteiger charge is 2.28. The van der Waals surface area contributed by atoms with E-state index in [-0.39, 0.29) is 0 Å². The van der Waals surface area contributed by atoms with Crippen LogP contribution in [0.1, 0.15) is 42.9 Å².